The number of H-pyrrole nitrogens is 1. The maximum atomic E-state index is 12.1. The molecule has 0 aromatic carbocycles. The van der Waals surface area contributed by atoms with E-state index in [2.05, 4.69) is 20.5 Å². The third-order valence-corrected chi connectivity index (χ3v) is 3.98. The molecule has 6 nitrogen and oxygen atoms in total. The van der Waals surface area contributed by atoms with Crippen LogP contribution in [0, 0.1) is 0 Å². The van der Waals surface area contributed by atoms with Crippen molar-refractivity contribution in [2.24, 2.45) is 0 Å². The molecular weight excluding hydrogens is 327 g/mol. The predicted molar refractivity (Wildman–Crippen MR) is 84.0 cm³/mol. The molecular formula is C14H14Cl2N4O2. The molecule has 0 aliphatic carbocycles. The van der Waals surface area contributed by atoms with E-state index in [1.807, 2.05) is 19.1 Å². The van der Waals surface area contributed by atoms with E-state index >= 15 is 0 Å². The van der Waals surface area contributed by atoms with Crippen LogP contribution in [0.1, 0.15) is 30.6 Å². The van der Waals surface area contributed by atoms with E-state index in [0.717, 1.165) is 12.0 Å². The summed E-state index contributed by atoms with van der Waals surface area (Å²) in [5.74, 6) is -0.263. The van der Waals surface area contributed by atoms with Crippen molar-refractivity contribution in [2.75, 3.05) is 0 Å². The molecule has 2 aromatic heterocycles. The second kappa shape index (κ2) is 7.38. The highest BCUT2D eigenvalue weighted by atomic mass is 35.5. The van der Waals surface area contributed by atoms with Crippen LogP contribution in [0.3, 0.4) is 0 Å². The van der Waals surface area contributed by atoms with Crippen molar-refractivity contribution < 1.29 is 4.79 Å². The zero-order valence-electron chi connectivity index (χ0n) is 11.8. The molecule has 0 aliphatic heterocycles. The SMILES string of the molecule is CCC(NC(=O)Cc1n[nH]c(=O)c(Cl)c1Cl)c1ccncc1. The number of carbonyl (C=O) groups excluding carboxylic acids is 1. The van der Waals surface area contributed by atoms with Gasteiger partial charge in [-0.25, -0.2) is 5.10 Å². The second-order valence-corrected chi connectivity index (χ2v) is 5.37. The number of amides is 1. The van der Waals surface area contributed by atoms with Crippen LogP contribution in [-0.2, 0) is 11.2 Å². The minimum Gasteiger partial charge on any atom is -0.349 e. The van der Waals surface area contributed by atoms with Crippen LogP contribution in [0.4, 0.5) is 0 Å². The zero-order chi connectivity index (χ0) is 16.1. The minimum atomic E-state index is -0.584. The predicted octanol–water partition coefficient (Wildman–Crippen LogP) is 2.28. The summed E-state index contributed by atoms with van der Waals surface area (Å²) in [7, 11) is 0. The van der Waals surface area contributed by atoms with Crippen LogP contribution >= 0.6 is 23.2 Å². The Labute approximate surface area is 136 Å². The van der Waals surface area contributed by atoms with Gasteiger partial charge in [0.25, 0.3) is 5.56 Å². The first kappa shape index (κ1) is 16.5. The highest BCUT2D eigenvalue weighted by molar-refractivity contribution is 6.42. The van der Waals surface area contributed by atoms with E-state index < -0.39 is 5.56 Å². The van der Waals surface area contributed by atoms with Gasteiger partial charge < -0.3 is 5.32 Å². The van der Waals surface area contributed by atoms with E-state index in [1.165, 1.54) is 0 Å². The van der Waals surface area contributed by atoms with Crippen molar-refractivity contribution in [2.45, 2.75) is 25.8 Å². The summed E-state index contributed by atoms with van der Waals surface area (Å²) in [6, 6.07) is 3.56. The number of nitrogens with zero attached hydrogens (tertiary/aromatic N) is 2. The van der Waals surface area contributed by atoms with Crippen LogP contribution in [0.25, 0.3) is 0 Å². The normalized spacial score (nSPS) is 12.0. The molecule has 116 valence electrons. The van der Waals surface area contributed by atoms with E-state index in [-0.39, 0.29) is 34.1 Å². The van der Waals surface area contributed by atoms with Crippen molar-refractivity contribution in [3.05, 3.63) is 56.2 Å². The second-order valence-electron chi connectivity index (χ2n) is 4.61. The summed E-state index contributed by atoms with van der Waals surface area (Å²) in [4.78, 5) is 27.3. The minimum absolute atomic E-state index is 0.00229. The van der Waals surface area contributed by atoms with Gasteiger partial charge in [-0.1, -0.05) is 30.1 Å². The average molecular weight is 341 g/mol. The molecule has 0 aliphatic rings. The Bertz CT molecular complexity index is 719. The molecule has 2 aromatic rings. The van der Waals surface area contributed by atoms with Crippen LogP contribution in [0.15, 0.2) is 29.3 Å². The maximum Gasteiger partial charge on any atom is 0.284 e. The number of pyridine rings is 1. The highest BCUT2D eigenvalue weighted by Crippen LogP contribution is 2.21. The molecule has 1 unspecified atom stereocenters. The standard InChI is InChI=1S/C14H14Cl2N4O2/c1-2-9(8-3-5-17-6-4-8)18-11(21)7-10-12(15)13(16)14(22)20-19-10/h3-6,9H,2,7H2,1H3,(H,18,21)(H,20,22). The van der Waals surface area contributed by atoms with Crippen LogP contribution in [0.5, 0.6) is 0 Å². The largest absolute Gasteiger partial charge is 0.349 e. The summed E-state index contributed by atoms with van der Waals surface area (Å²) >= 11 is 11.7. The van der Waals surface area contributed by atoms with Crippen molar-refractivity contribution in [1.82, 2.24) is 20.5 Å². The lowest BCUT2D eigenvalue weighted by atomic mass is 10.1. The maximum absolute atomic E-state index is 12.1. The molecule has 1 amide bonds. The van der Waals surface area contributed by atoms with Crippen LogP contribution < -0.4 is 10.9 Å². The number of carbonyl (C=O) groups is 1. The molecule has 0 saturated heterocycles. The average Bonchev–Trinajstić information content (AvgIpc) is 2.54. The number of aromatic nitrogens is 3. The number of hydrogen-bond donors (Lipinski definition) is 2. The van der Waals surface area contributed by atoms with E-state index in [4.69, 9.17) is 23.2 Å². The van der Waals surface area contributed by atoms with E-state index in [9.17, 15) is 9.59 Å². The van der Waals surface area contributed by atoms with Gasteiger partial charge in [0.05, 0.1) is 23.2 Å². The van der Waals surface area contributed by atoms with Gasteiger partial charge in [-0.2, -0.15) is 5.10 Å². The molecule has 0 saturated carbocycles. The Morgan fingerprint density at radius 2 is 2.00 bits per heavy atom. The molecule has 2 heterocycles. The van der Waals surface area contributed by atoms with Crippen molar-refractivity contribution >= 4 is 29.1 Å². The van der Waals surface area contributed by atoms with Gasteiger partial charge in [0.2, 0.25) is 5.91 Å². The Morgan fingerprint density at radius 3 is 2.64 bits per heavy atom. The molecule has 0 bridgehead atoms. The molecule has 22 heavy (non-hydrogen) atoms. The molecule has 1 atom stereocenters. The summed E-state index contributed by atoms with van der Waals surface area (Å²) in [6.45, 7) is 1.97. The van der Waals surface area contributed by atoms with E-state index in [0.29, 0.717) is 0 Å². The quantitative estimate of drug-likeness (QED) is 0.873. The lowest BCUT2D eigenvalue weighted by Gasteiger charge is -2.17. The first-order chi connectivity index (χ1) is 10.5. The van der Waals surface area contributed by atoms with Crippen molar-refractivity contribution in [3.8, 4) is 0 Å². The Balaban J connectivity index is 2.10. The van der Waals surface area contributed by atoms with Gasteiger partial charge in [-0.05, 0) is 24.1 Å². The van der Waals surface area contributed by atoms with Gasteiger partial charge in [-0.15, -0.1) is 0 Å². The summed E-state index contributed by atoms with van der Waals surface area (Å²) in [5, 5.41) is 8.69. The van der Waals surface area contributed by atoms with Crippen molar-refractivity contribution in [1.29, 1.82) is 0 Å². The van der Waals surface area contributed by atoms with Gasteiger partial charge in [0, 0.05) is 12.4 Å². The molecule has 2 rings (SSSR count). The first-order valence-electron chi connectivity index (χ1n) is 6.64. The topological polar surface area (TPSA) is 87.7 Å². The van der Waals surface area contributed by atoms with Crippen LogP contribution in [-0.4, -0.2) is 21.1 Å². The van der Waals surface area contributed by atoms with Gasteiger partial charge >= 0.3 is 0 Å². The molecule has 8 heteroatoms. The number of aromatic amines is 1. The zero-order valence-corrected chi connectivity index (χ0v) is 13.3. The molecule has 2 N–H and O–H groups in total. The number of rotatable bonds is 5. The fourth-order valence-electron chi connectivity index (χ4n) is 1.97. The highest BCUT2D eigenvalue weighted by Gasteiger charge is 2.17. The molecule has 0 fully saturated rings. The monoisotopic (exact) mass is 340 g/mol. The third kappa shape index (κ3) is 3.84. The summed E-state index contributed by atoms with van der Waals surface area (Å²) in [5.41, 5.74) is 0.608. The van der Waals surface area contributed by atoms with Crippen LogP contribution in [0.2, 0.25) is 10.0 Å². The first-order valence-corrected chi connectivity index (χ1v) is 7.40. The van der Waals surface area contributed by atoms with Gasteiger partial charge in [0.15, 0.2) is 0 Å². The van der Waals surface area contributed by atoms with Gasteiger partial charge in [0.1, 0.15) is 5.02 Å². The number of nitrogens with one attached hydrogen (secondary N) is 2. The fourth-order valence-corrected chi connectivity index (χ4v) is 2.32. The fraction of sp³-hybridized carbons (Fsp3) is 0.286. The smallest absolute Gasteiger partial charge is 0.284 e. The lowest BCUT2D eigenvalue weighted by molar-refractivity contribution is -0.121. The Morgan fingerprint density at radius 1 is 1.32 bits per heavy atom. The summed E-state index contributed by atoms with van der Waals surface area (Å²) in [6.07, 6.45) is 3.99. The van der Waals surface area contributed by atoms with Crippen molar-refractivity contribution in [3.63, 3.8) is 0 Å². The molecule has 0 spiro atoms. The lowest BCUT2D eigenvalue weighted by Crippen LogP contribution is -2.30. The Hall–Kier alpha value is -1.92. The molecule has 0 radical (unpaired) electrons. The third-order valence-electron chi connectivity index (χ3n) is 3.12. The Kier molecular flexibility index (Phi) is 5.51. The summed E-state index contributed by atoms with van der Waals surface area (Å²) < 4.78 is 0. The number of hydrogen-bond acceptors (Lipinski definition) is 4. The number of halogens is 2. The van der Waals surface area contributed by atoms with E-state index in [1.54, 1.807) is 12.4 Å². The van der Waals surface area contributed by atoms with Gasteiger partial charge in [-0.3, -0.25) is 14.6 Å².